The highest BCUT2D eigenvalue weighted by Gasteiger charge is 2.30. The summed E-state index contributed by atoms with van der Waals surface area (Å²) in [6.45, 7) is 0. The Morgan fingerprint density at radius 1 is 1.14 bits per heavy atom. The van der Waals surface area contributed by atoms with Crippen molar-refractivity contribution in [3.8, 4) is 0 Å². The van der Waals surface area contributed by atoms with E-state index in [4.69, 9.17) is 34.7 Å². The van der Waals surface area contributed by atoms with E-state index in [0.717, 1.165) is 22.4 Å². The van der Waals surface area contributed by atoms with E-state index in [-0.39, 0.29) is 11.0 Å². The highest BCUT2D eigenvalue weighted by Crippen LogP contribution is 2.30. The number of aliphatic imine (C=N–C) groups is 1. The Balaban J connectivity index is 1.62. The van der Waals surface area contributed by atoms with Crippen molar-refractivity contribution in [1.82, 2.24) is 10.7 Å². The van der Waals surface area contributed by atoms with Crippen LogP contribution < -0.4 is 26.8 Å². The van der Waals surface area contributed by atoms with E-state index in [1.54, 1.807) is 23.4 Å². The van der Waals surface area contributed by atoms with Gasteiger partial charge in [0.05, 0.1) is 17.1 Å². The number of benzene rings is 3. The molecule has 0 fully saturated rings. The number of amides is 1. The fourth-order valence-corrected chi connectivity index (χ4v) is 4.31. The normalized spacial score (nSPS) is 15.6. The molecule has 35 heavy (non-hydrogen) atoms. The minimum atomic E-state index is -0.944. The fraction of sp³-hybridized carbons (Fsp3) is 0.0800. The lowest BCUT2D eigenvalue weighted by atomic mass is 10.0. The molecule has 5 N–H and O–H groups in total. The van der Waals surface area contributed by atoms with Crippen molar-refractivity contribution in [1.29, 1.82) is 0 Å². The second-order valence-corrected chi connectivity index (χ2v) is 8.77. The third-order valence-electron chi connectivity index (χ3n) is 5.45. The molecule has 0 radical (unpaired) electrons. The van der Waals surface area contributed by atoms with Gasteiger partial charge in [0.25, 0.3) is 5.91 Å². The molecular weight excluding hydrogens is 500 g/mol. The van der Waals surface area contributed by atoms with Gasteiger partial charge in [-0.1, -0.05) is 54.1 Å². The molecule has 4 rings (SSSR count). The molecule has 0 saturated heterocycles. The molecule has 1 aliphatic heterocycles. The molecule has 0 bridgehead atoms. The van der Waals surface area contributed by atoms with Gasteiger partial charge in [0.1, 0.15) is 0 Å². The zero-order valence-corrected chi connectivity index (χ0v) is 21.2. The Labute approximate surface area is 219 Å². The van der Waals surface area contributed by atoms with E-state index in [1.807, 2.05) is 66.7 Å². The molecule has 3 aromatic carbocycles. The van der Waals surface area contributed by atoms with Crippen LogP contribution >= 0.6 is 36.4 Å². The highest BCUT2D eigenvalue weighted by atomic mass is 35.5. The van der Waals surface area contributed by atoms with Crippen LogP contribution in [0, 0.1) is 0 Å². The topological polar surface area (TPSA) is 94.8 Å². The van der Waals surface area contributed by atoms with E-state index in [9.17, 15) is 4.79 Å². The highest BCUT2D eigenvalue weighted by molar-refractivity contribution is 7.83. The number of carbonyl (C=O) groups is 1. The van der Waals surface area contributed by atoms with Gasteiger partial charge in [-0.2, -0.15) is 0 Å². The predicted octanol–water partition coefficient (Wildman–Crippen LogP) is 4.16. The molecular formula is C25H23ClN6OS2. The largest absolute Gasteiger partial charge is 0.333 e. The van der Waals surface area contributed by atoms with Crippen LogP contribution in [0.1, 0.15) is 16.7 Å². The zero-order valence-electron chi connectivity index (χ0n) is 18.7. The lowest BCUT2D eigenvalue weighted by Gasteiger charge is -2.22. The minimum absolute atomic E-state index is 0.253. The number of fused-ring (bicyclic) bond motifs is 1. The van der Waals surface area contributed by atoms with E-state index < -0.39 is 6.17 Å². The third kappa shape index (κ3) is 5.49. The summed E-state index contributed by atoms with van der Waals surface area (Å²) in [7, 11) is 1.71. The second-order valence-electron chi connectivity index (χ2n) is 7.67. The van der Waals surface area contributed by atoms with Crippen LogP contribution in [0.15, 0.2) is 83.2 Å². The van der Waals surface area contributed by atoms with Gasteiger partial charge < -0.3 is 21.0 Å². The number of likely N-dealkylation sites (N-methyl/N-ethyl adjacent to an activating group) is 1. The molecule has 0 spiro atoms. The maximum atomic E-state index is 13.3. The first-order chi connectivity index (χ1) is 16.9. The SMILES string of the molecule is CN1C(=O)C(NC(=S)Nc2ccc(/C(=C/S)NN)cc2)N=C(c2ccccc2)c2cc(Cl)ccc21. The van der Waals surface area contributed by atoms with Crippen LogP contribution in [0.25, 0.3) is 5.70 Å². The van der Waals surface area contributed by atoms with Crippen LogP contribution in [0.2, 0.25) is 5.02 Å². The van der Waals surface area contributed by atoms with Crippen LogP contribution in [-0.2, 0) is 4.79 Å². The lowest BCUT2D eigenvalue weighted by molar-refractivity contribution is -0.119. The van der Waals surface area contributed by atoms with Gasteiger partial charge in [-0.25, -0.2) is 4.99 Å². The maximum absolute atomic E-state index is 13.3. The van der Waals surface area contributed by atoms with Gasteiger partial charge in [-0.05, 0) is 53.5 Å². The predicted molar refractivity (Wildman–Crippen MR) is 151 cm³/mol. The number of hydrogen-bond acceptors (Lipinski definition) is 6. The summed E-state index contributed by atoms with van der Waals surface area (Å²) in [4.78, 5) is 19.7. The number of thiol groups is 1. The lowest BCUT2D eigenvalue weighted by Crippen LogP contribution is -2.47. The molecule has 7 nitrogen and oxygen atoms in total. The first-order valence-corrected chi connectivity index (χ1v) is 11.9. The number of rotatable bonds is 5. The van der Waals surface area contributed by atoms with E-state index in [1.165, 1.54) is 0 Å². The molecule has 1 aliphatic rings. The molecule has 3 aromatic rings. The summed E-state index contributed by atoms with van der Waals surface area (Å²) in [6.07, 6.45) is -0.944. The van der Waals surface area contributed by atoms with Gasteiger partial charge >= 0.3 is 0 Å². The molecule has 0 aromatic heterocycles. The third-order valence-corrected chi connectivity index (χ3v) is 6.16. The van der Waals surface area contributed by atoms with Crippen molar-refractivity contribution >= 4 is 70.3 Å². The molecule has 1 atom stereocenters. The number of carbonyl (C=O) groups excluding carboxylic acids is 1. The van der Waals surface area contributed by atoms with E-state index >= 15 is 0 Å². The van der Waals surface area contributed by atoms with Gasteiger partial charge in [0, 0.05) is 28.9 Å². The van der Waals surface area contributed by atoms with Crippen molar-refractivity contribution in [3.05, 3.63) is 99.9 Å². The molecule has 1 heterocycles. The number of nitrogens with zero attached hydrogens (tertiary/aromatic N) is 2. The van der Waals surface area contributed by atoms with E-state index in [0.29, 0.717) is 22.1 Å². The Morgan fingerprint density at radius 2 is 1.86 bits per heavy atom. The molecule has 1 amide bonds. The Bertz CT molecular complexity index is 1310. The standard InChI is InChI=1S/C25H23ClN6OS2/c1-32-21-12-9-17(26)13-19(21)22(16-5-3-2-4-6-16)29-23(24(32)33)30-25(35)28-18-10-7-15(8-11-18)20(14-34)31-27/h2-14,23,31,34H,27H2,1H3,(H2,28,30,35)/b20-14-. The van der Waals surface area contributed by atoms with Gasteiger partial charge in [-0.15, -0.1) is 12.6 Å². The monoisotopic (exact) mass is 522 g/mol. The van der Waals surface area contributed by atoms with E-state index in [2.05, 4.69) is 28.7 Å². The van der Waals surface area contributed by atoms with Crippen LogP contribution in [0.5, 0.6) is 0 Å². The van der Waals surface area contributed by atoms with Gasteiger partial charge in [0.2, 0.25) is 6.17 Å². The van der Waals surface area contributed by atoms with Crippen molar-refractivity contribution < 1.29 is 4.79 Å². The quantitative estimate of drug-likeness (QED) is 0.149. The number of benzodiazepines with no additional fused rings is 1. The molecule has 178 valence electrons. The average Bonchev–Trinajstić information content (AvgIpc) is 2.96. The van der Waals surface area contributed by atoms with Gasteiger partial charge in [0.15, 0.2) is 5.11 Å². The summed E-state index contributed by atoms with van der Waals surface area (Å²) >= 11 is 15.9. The van der Waals surface area contributed by atoms with Crippen LogP contribution in [0.3, 0.4) is 0 Å². The summed E-state index contributed by atoms with van der Waals surface area (Å²) < 4.78 is 0. The Morgan fingerprint density at radius 3 is 2.51 bits per heavy atom. The molecule has 0 saturated carbocycles. The smallest absolute Gasteiger partial charge is 0.272 e. The van der Waals surface area contributed by atoms with Crippen molar-refractivity contribution in [2.24, 2.45) is 10.8 Å². The molecule has 10 heteroatoms. The van der Waals surface area contributed by atoms with Crippen molar-refractivity contribution in [2.75, 3.05) is 17.3 Å². The summed E-state index contributed by atoms with van der Waals surface area (Å²) in [6, 6.07) is 22.5. The van der Waals surface area contributed by atoms with Gasteiger partial charge in [-0.3, -0.25) is 10.6 Å². The van der Waals surface area contributed by atoms with Crippen LogP contribution in [0.4, 0.5) is 11.4 Å². The average molecular weight is 523 g/mol. The number of halogens is 1. The number of thiocarbonyl (C=S) groups is 1. The minimum Gasteiger partial charge on any atom is -0.333 e. The summed E-state index contributed by atoms with van der Waals surface area (Å²) in [5.74, 6) is 5.25. The number of anilines is 2. The number of hydrogen-bond donors (Lipinski definition) is 5. The Kier molecular flexibility index (Phi) is 7.72. The first-order valence-electron chi connectivity index (χ1n) is 10.6. The maximum Gasteiger partial charge on any atom is 0.272 e. The number of hydrazine groups is 1. The molecule has 0 aliphatic carbocycles. The number of nitrogens with two attached hydrogens (primary N) is 1. The Hall–Kier alpha value is -3.37. The first kappa shape index (κ1) is 24.7. The summed E-state index contributed by atoms with van der Waals surface area (Å²) in [5.41, 5.74) is 7.84. The number of nitrogens with one attached hydrogen (secondary N) is 3. The van der Waals surface area contributed by atoms with Crippen LogP contribution in [-0.4, -0.2) is 29.9 Å². The van der Waals surface area contributed by atoms with Crippen molar-refractivity contribution in [3.63, 3.8) is 0 Å². The summed E-state index contributed by atoms with van der Waals surface area (Å²) in [5, 5.41) is 8.54. The van der Waals surface area contributed by atoms with Crippen molar-refractivity contribution in [2.45, 2.75) is 6.17 Å². The molecule has 1 unspecified atom stereocenters. The fourth-order valence-electron chi connectivity index (χ4n) is 3.69. The zero-order chi connectivity index (χ0) is 24.9. The second kappa shape index (κ2) is 10.9.